The number of hydrogen-bond donors (Lipinski definition) is 0. The fourth-order valence-corrected chi connectivity index (χ4v) is 2.21. The van der Waals surface area contributed by atoms with Crippen LogP contribution in [0.5, 0.6) is 5.75 Å². The van der Waals surface area contributed by atoms with E-state index >= 15 is 0 Å². The van der Waals surface area contributed by atoms with Gasteiger partial charge in [0.05, 0.1) is 11.6 Å². The summed E-state index contributed by atoms with van der Waals surface area (Å²) >= 11 is 0. The first-order valence-electron chi connectivity index (χ1n) is 7.11. The van der Waals surface area contributed by atoms with Gasteiger partial charge >= 0.3 is 6.36 Å². The van der Waals surface area contributed by atoms with Gasteiger partial charge in [-0.05, 0) is 52.9 Å². The van der Waals surface area contributed by atoms with E-state index in [9.17, 15) is 17.6 Å². The summed E-state index contributed by atoms with van der Waals surface area (Å²) in [6, 6.07) is 11.4. The van der Waals surface area contributed by atoms with Crippen LogP contribution in [0.4, 0.5) is 17.6 Å². The van der Waals surface area contributed by atoms with Crippen molar-refractivity contribution in [3.63, 3.8) is 0 Å². The van der Waals surface area contributed by atoms with Gasteiger partial charge in [-0.1, -0.05) is 31.4 Å². The molecule has 2 aromatic carbocycles. The predicted molar refractivity (Wildman–Crippen MR) is 86.1 cm³/mol. The van der Waals surface area contributed by atoms with E-state index in [2.05, 4.69) is 17.9 Å². The molecule has 0 amide bonds. The van der Waals surface area contributed by atoms with E-state index in [0.29, 0.717) is 16.7 Å². The van der Waals surface area contributed by atoms with Crippen molar-refractivity contribution in [3.05, 3.63) is 83.7 Å². The van der Waals surface area contributed by atoms with Crippen molar-refractivity contribution in [3.8, 4) is 11.8 Å². The van der Waals surface area contributed by atoms with E-state index in [1.54, 1.807) is 6.07 Å². The summed E-state index contributed by atoms with van der Waals surface area (Å²) in [6.07, 6.45) is -4.59. The van der Waals surface area contributed by atoms with Gasteiger partial charge in [0.1, 0.15) is 11.6 Å². The minimum atomic E-state index is -4.85. The monoisotopic (exact) mass is 347 g/mol. The third-order valence-corrected chi connectivity index (χ3v) is 3.37. The Kier molecular flexibility index (Phi) is 5.28. The van der Waals surface area contributed by atoms with E-state index in [0.717, 1.165) is 6.07 Å². The number of halogens is 4. The van der Waals surface area contributed by atoms with Crippen molar-refractivity contribution in [2.45, 2.75) is 12.8 Å². The van der Waals surface area contributed by atoms with Gasteiger partial charge in [0.25, 0.3) is 0 Å². The average Bonchev–Trinajstić information content (AvgIpc) is 2.53. The average molecular weight is 347 g/mol. The van der Waals surface area contributed by atoms with Gasteiger partial charge in [0.15, 0.2) is 0 Å². The minimum absolute atomic E-state index is 0.0388. The van der Waals surface area contributed by atoms with Crippen LogP contribution in [0.2, 0.25) is 0 Å². The summed E-state index contributed by atoms with van der Waals surface area (Å²) in [5.74, 6) is -0.828. The molecular weight excluding hydrogens is 334 g/mol. The highest BCUT2D eigenvalue weighted by atomic mass is 19.4. The summed E-state index contributed by atoms with van der Waals surface area (Å²) in [5.41, 5.74) is 1.74. The van der Waals surface area contributed by atoms with Crippen LogP contribution in [-0.2, 0) is 6.42 Å². The van der Waals surface area contributed by atoms with Gasteiger partial charge in [-0.15, -0.1) is 13.2 Å². The molecule has 0 atom stereocenters. The molecule has 0 aliphatic rings. The molecule has 0 aromatic heterocycles. The lowest BCUT2D eigenvalue weighted by molar-refractivity contribution is -0.274. The van der Waals surface area contributed by atoms with Gasteiger partial charge in [0, 0.05) is 0 Å². The van der Waals surface area contributed by atoms with Crippen molar-refractivity contribution in [2.75, 3.05) is 0 Å². The highest BCUT2D eigenvalue weighted by Gasteiger charge is 2.31. The van der Waals surface area contributed by atoms with Crippen LogP contribution in [-0.4, -0.2) is 6.36 Å². The highest BCUT2D eigenvalue weighted by Crippen LogP contribution is 2.30. The van der Waals surface area contributed by atoms with Crippen LogP contribution in [0.15, 0.2) is 61.2 Å². The second kappa shape index (κ2) is 7.22. The predicted octanol–water partition coefficient (Wildman–Crippen LogP) is 5.41. The SMILES string of the molecule is C=C(C#N)C(=C)c1cc(Cc2ccc(F)cc2)cc(OC(F)(F)F)c1. The normalized spacial score (nSPS) is 10.8. The van der Waals surface area contributed by atoms with E-state index in [-0.39, 0.29) is 17.6 Å². The largest absolute Gasteiger partial charge is 0.573 e. The van der Waals surface area contributed by atoms with Crippen molar-refractivity contribution < 1.29 is 22.3 Å². The molecule has 0 radical (unpaired) electrons. The Morgan fingerprint density at radius 2 is 1.68 bits per heavy atom. The standard InChI is InChI=1S/C19H13F4NO/c1-12(11-24)13(2)16-8-15(7-14-3-5-17(20)6-4-14)9-18(10-16)25-19(21,22)23/h3-6,8-10H,1-2,7H2. The zero-order valence-electron chi connectivity index (χ0n) is 13.0. The zero-order valence-corrected chi connectivity index (χ0v) is 13.0. The Morgan fingerprint density at radius 1 is 1.04 bits per heavy atom. The molecule has 0 aliphatic heterocycles. The quantitative estimate of drug-likeness (QED) is 0.412. The number of ether oxygens (including phenoxy) is 1. The van der Waals surface area contributed by atoms with Crippen LogP contribution < -0.4 is 4.74 Å². The smallest absolute Gasteiger partial charge is 0.406 e. The van der Waals surface area contributed by atoms with E-state index in [1.807, 2.05) is 6.07 Å². The molecule has 0 aliphatic carbocycles. The maximum atomic E-state index is 13.0. The highest BCUT2D eigenvalue weighted by molar-refractivity contribution is 5.81. The second-order valence-electron chi connectivity index (χ2n) is 5.29. The van der Waals surface area contributed by atoms with Gasteiger partial charge in [-0.25, -0.2) is 4.39 Å². The third-order valence-electron chi connectivity index (χ3n) is 3.37. The van der Waals surface area contributed by atoms with Crippen LogP contribution in [0, 0.1) is 17.1 Å². The molecule has 6 heteroatoms. The Morgan fingerprint density at radius 3 is 2.24 bits per heavy atom. The van der Waals surface area contributed by atoms with E-state index in [1.165, 1.54) is 30.3 Å². The van der Waals surface area contributed by atoms with Crippen molar-refractivity contribution in [1.82, 2.24) is 0 Å². The summed E-state index contributed by atoms with van der Waals surface area (Å²) in [5, 5.41) is 8.90. The molecule has 0 saturated heterocycles. The summed E-state index contributed by atoms with van der Waals surface area (Å²) in [7, 11) is 0. The third kappa shape index (κ3) is 5.21. The zero-order chi connectivity index (χ0) is 18.6. The maximum absolute atomic E-state index is 13.0. The fourth-order valence-electron chi connectivity index (χ4n) is 2.21. The molecule has 0 spiro atoms. The number of hydrogen-bond acceptors (Lipinski definition) is 2. The number of allylic oxidation sites excluding steroid dienone is 2. The van der Waals surface area contributed by atoms with E-state index < -0.39 is 17.9 Å². The maximum Gasteiger partial charge on any atom is 0.573 e. The molecule has 0 N–H and O–H groups in total. The van der Waals surface area contributed by atoms with Gasteiger partial charge < -0.3 is 4.74 Å². The Hall–Kier alpha value is -3.07. The molecule has 2 nitrogen and oxygen atoms in total. The van der Waals surface area contributed by atoms with Gasteiger partial charge in [0.2, 0.25) is 0 Å². The van der Waals surface area contributed by atoms with Crippen molar-refractivity contribution >= 4 is 5.57 Å². The van der Waals surface area contributed by atoms with Crippen LogP contribution in [0.1, 0.15) is 16.7 Å². The first-order valence-corrected chi connectivity index (χ1v) is 7.11. The summed E-state index contributed by atoms with van der Waals surface area (Å²) in [6.45, 7) is 7.20. The fraction of sp³-hybridized carbons (Fsp3) is 0.105. The molecule has 0 bridgehead atoms. The lowest BCUT2D eigenvalue weighted by atomic mass is 9.96. The molecule has 0 fully saturated rings. The lowest BCUT2D eigenvalue weighted by Crippen LogP contribution is -2.17. The van der Waals surface area contributed by atoms with Crippen molar-refractivity contribution in [2.24, 2.45) is 0 Å². The minimum Gasteiger partial charge on any atom is -0.406 e. The number of nitriles is 1. The van der Waals surface area contributed by atoms with Crippen molar-refractivity contribution in [1.29, 1.82) is 5.26 Å². The Labute approximate surface area is 142 Å². The molecule has 2 rings (SSSR count). The molecule has 0 heterocycles. The van der Waals surface area contributed by atoms with Gasteiger partial charge in [-0.3, -0.25) is 0 Å². The van der Waals surface area contributed by atoms with Crippen LogP contribution in [0.25, 0.3) is 5.57 Å². The topological polar surface area (TPSA) is 33.0 Å². The Bertz CT molecular complexity index is 845. The lowest BCUT2D eigenvalue weighted by Gasteiger charge is -2.14. The molecule has 0 saturated carbocycles. The summed E-state index contributed by atoms with van der Waals surface area (Å²) < 4.78 is 54.6. The summed E-state index contributed by atoms with van der Waals surface area (Å²) in [4.78, 5) is 0. The number of nitrogens with zero attached hydrogens (tertiary/aromatic N) is 1. The number of benzene rings is 2. The Balaban J connectivity index is 2.41. The molecule has 25 heavy (non-hydrogen) atoms. The molecular formula is C19H13F4NO. The molecule has 2 aromatic rings. The second-order valence-corrected chi connectivity index (χ2v) is 5.29. The van der Waals surface area contributed by atoms with Crippen LogP contribution >= 0.6 is 0 Å². The molecule has 0 unspecified atom stereocenters. The van der Waals surface area contributed by atoms with E-state index in [4.69, 9.17) is 5.26 Å². The number of alkyl halides is 3. The number of rotatable bonds is 5. The first kappa shape index (κ1) is 18.3. The van der Waals surface area contributed by atoms with Crippen LogP contribution in [0.3, 0.4) is 0 Å². The molecule has 128 valence electrons. The first-order chi connectivity index (χ1) is 11.7. The van der Waals surface area contributed by atoms with Gasteiger partial charge in [-0.2, -0.15) is 5.26 Å².